The maximum atomic E-state index is 11.8. The van der Waals surface area contributed by atoms with E-state index in [2.05, 4.69) is 10.2 Å². The molecule has 0 spiro atoms. The molecule has 0 aliphatic carbocycles. The van der Waals surface area contributed by atoms with E-state index in [0.29, 0.717) is 28.0 Å². The Morgan fingerprint density at radius 1 is 1.21 bits per heavy atom. The normalized spacial score (nSPS) is 12.0. The zero-order valence-corrected chi connectivity index (χ0v) is 14.7. The molecule has 3 rings (SSSR count). The molecule has 0 radical (unpaired) electrons. The number of rotatable bonds is 3. The fraction of sp³-hybridized carbons (Fsp3) is 0.353. The van der Waals surface area contributed by atoms with E-state index in [1.54, 1.807) is 19.1 Å². The lowest BCUT2D eigenvalue weighted by atomic mass is 9.97. The van der Waals surface area contributed by atoms with Crippen LogP contribution in [-0.2, 0) is 11.2 Å². The number of aryl methyl sites for hydroxylation is 1. The Hall–Kier alpha value is -2.28. The third kappa shape index (κ3) is 3.17. The minimum Gasteiger partial charge on any atom is -0.508 e. The standard InChI is InChI=1S/C17H18N2O4S/c1-9-12(20)6-5-11-10(7-13(21)22-14(9)11)8-24-16-19-18-15(23-16)17(2,3)4/h5-7,20H,8H2,1-4H3. The summed E-state index contributed by atoms with van der Waals surface area (Å²) in [5.41, 5.74) is 1.09. The zero-order chi connectivity index (χ0) is 17.5. The van der Waals surface area contributed by atoms with Crippen LogP contribution in [0.15, 0.2) is 37.1 Å². The topological polar surface area (TPSA) is 89.4 Å². The molecule has 0 fully saturated rings. The van der Waals surface area contributed by atoms with Crippen molar-refractivity contribution in [3.05, 3.63) is 45.6 Å². The van der Waals surface area contributed by atoms with E-state index in [1.807, 2.05) is 20.8 Å². The van der Waals surface area contributed by atoms with Gasteiger partial charge in [0.15, 0.2) is 0 Å². The average molecular weight is 346 g/mol. The van der Waals surface area contributed by atoms with Crippen LogP contribution < -0.4 is 5.63 Å². The summed E-state index contributed by atoms with van der Waals surface area (Å²) < 4.78 is 10.9. The number of phenols is 1. The molecule has 0 saturated heterocycles. The predicted molar refractivity (Wildman–Crippen MR) is 91.4 cm³/mol. The van der Waals surface area contributed by atoms with E-state index in [1.165, 1.54) is 17.8 Å². The van der Waals surface area contributed by atoms with Crippen molar-refractivity contribution in [3.8, 4) is 5.75 Å². The second-order valence-electron chi connectivity index (χ2n) is 6.59. The Balaban J connectivity index is 1.92. The number of nitrogens with zero attached hydrogens (tertiary/aromatic N) is 2. The second-order valence-corrected chi connectivity index (χ2v) is 7.52. The van der Waals surface area contributed by atoms with E-state index in [-0.39, 0.29) is 11.2 Å². The summed E-state index contributed by atoms with van der Waals surface area (Å²) in [6.07, 6.45) is 0. The number of benzene rings is 1. The molecule has 0 atom stereocenters. The highest BCUT2D eigenvalue weighted by Crippen LogP contribution is 2.31. The molecule has 1 aromatic carbocycles. The van der Waals surface area contributed by atoms with Crippen molar-refractivity contribution in [2.75, 3.05) is 0 Å². The molecule has 0 bridgehead atoms. The van der Waals surface area contributed by atoms with Gasteiger partial charge in [-0.3, -0.25) is 0 Å². The predicted octanol–water partition coefficient (Wildman–Crippen LogP) is 3.78. The lowest BCUT2D eigenvalue weighted by Gasteiger charge is -2.10. The Morgan fingerprint density at radius 3 is 2.62 bits per heavy atom. The van der Waals surface area contributed by atoms with E-state index >= 15 is 0 Å². The largest absolute Gasteiger partial charge is 0.508 e. The minimum absolute atomic E-state index is 0.0992. The molecule has 0 aliphatic heterocycles. The van der Waals surface area contributed by atoms with Crippen LogP contribution in [0, 0.1) is 6.92 Å². The van der Waals surface area contributed by atoms with Crippen LogP contribution in [0.3, 0.4) is 0 Å². The van der Waals surface area contributed by atoms with Crippen molar-refractivity contribution in [1.82, 2.24) is 10.2 Å². The summed E-state index contributed by atoms with van der Waals surface area (Å²) in [4.78, 5) is 11.8. The van der Waals surface area contributed by atoms with Crippen molar-refractivity contribution in [2.45, 2.75) is 44.1 Å². The summed E-state index contributed by atoms with van der Waals surface area (Å²) in [7, 11) is 0. The van der Waals surface area contributed by atoms with E-state index < -0.39 is 5.63 Å². The van der Waals surface area contributed by atoms with E-state index in [0.717, 1.165) is 10.9 Å². The summed E-state index contributed by atoms with van der Waals surface area (Å²) in [5.74, 6) is 1.16. The Kier molecular flexibility index (Phi) is 4.13. The molecule has 24 heavy (non-hydrogen) atoms. The molecule has 0 unspecified atom stereocenters. The van der Waals surface area contributed by atoms with Gasteiger partial charge in [-0.25, -0.2) is 4.79 Å². The molecule has 6 nitrogen and oxygen atoms in total. The van der Waals surface area contributed by atoms with Crippen molar-refractivity contribution < 1.29 is 13.9 Å². The van der Waals surface area contributed by atoms with Crippen LogP contribution in [-0.4, -0.2) is 15.3 Å². The third-order valence-corrected chi connectivity index (χ3v) is 4.48. The highest BCUT2D eigenvalue weighted by molar-refractivity contribution is 7.98. The molecular formula is C17H18N2O4S. The van der Waals surface area contributed by atoms with Crippen molar-refractivity contribution in [2.24, 2.45) is 0 Å². The molecule has 2 aromatic heterocycles. The van der Waals surface area contributed by atoms with E-state index in [9.17, 15) is 9.90 Å². The number of thioether (sulfide) groups is 1. The molecule has 0 aliphatic rings. The monoisotopic (exact) mass is 346 g/mol. The smallest absolute Gasteiger partial charge is 0.336 e. The Labute approximate surface area is 142 Å². The first-order valence-corrected chi connectivity index (χ1v) is 8.46. The number of hydrogen-bond acceptors (Lipinski definition) is 7. The van der Waals surface area contributed by atoms with Crippen molar-refractivity contribution in [3.63, 3.8) is 0 Å². The molecule has 7 heteroatoms. The van der Waals surface area contributed by atoms with Gasteiger partial charge in [0.05, 0.1) is 0 Å². The maximum absolute atomic E-state index is 11.8. The van der Waals surface area contributed by atoms with Crippen molar-refractivity contribution >= 4 is 22.7 Å². The number of aromatic nitrogens is 2. The molecule has 0 saturated carbocycles. The number of fused-ring (bicyclic) bond motifs is 1. The van der Waals surface area contributed by atoms with Gasteiger partial charge in [0, 0.05) is 28.2 Å². The molecule has 126 valence electrons. The van der Waals surface area contributed by atoms with Crippen LogP contribution in [0.4, 0.5) is 0 Å². The molecule has 3 aromatic rings. The summed E-state index contributed by atoms with van der Waals surface area (Å²) in [5, 5.41) is 19.1. The van der Waals surface area contributed by atoms with Crippen LogP contribution in [0.25, 0.3) is 11.0 Å². The van der Waals surface area contributed by atoms with Crippen LogP contribution >= 0.6 is 11.8 Å². The van der Waals surface area contributed by atoms with Crippen LogP contribution in [0.1, 0.15) is 37.8 Å². The van der Waals surface area contributed by atoms with Gasteiger partial charge in [0.2, 0.25) is 5.89 Å². The van der Waals surface area contributed by atoms with Gasteiger partial charge in [0.1, 0.15) is 11.3 Å². The summed E-state index contributed by atoms with van der Waals surface area (Å²) in [6, 6.07) is 4.79. The SMILES string of the molecule is Cc1c(O)ccc2c(CSc3nnc(C(C)(C)C)o3)cc(=O)oc12. The van der Waals surface area contributed by atoms with Gasteiger partial charge < -0.3 is 13.9 Å². The quantitative estimate of drug-likeness (QED) is 0.570. The fourth-order valence-corrected chi connectivity index (χ4v) is 3.00. The van der Waals surface area contributed by atoms with Crippen molar-refractivity contribution in [1.29, 1.82) is 0 Å². The number of phenolic OH excluding ortho intramolecular Hbond substituents is 1. The Bertz CT molecular complexity index is 953. The molecule has 2 heterocycles. The van der Waals surface area contributed by atoms with Crippen LogP contribution in [0.5, 0.6) is 5.75 Å². The van der Waals surface area contributed by atoms with Crippen LogP contribution in [0.2, 0.25) is 0 Å². The number of aromatic hydroxyl groups is 1. The lowest BCUT2D eigenvalue weighted by molar-refractivity contribution is 0.347. The zero-order valence-electron chi connectivity index (χ0n) is 13.9. The molecule has 1 N–H and O–H groups in total. The maximum Gasteiger partial charge on any atom is 0.336 e. The van der Waals surface area contributed by atoms with Gasteiger partial charge in [-0.1, -0.05) is 32.5 Å². The van der Waals surface area contributed by atoms with Gasteiger partial charge >= 0.3 is 5.63 Å². The first-order chi connectivity index (χ1) is 11.3. The second kappa shape index (κ2) is 5.98. The Morgan fingerprint density at radius 2 is 1.96 bits per heavy atom. The number of hydrogen-bond donors (Lipinski definition) is 1. The summed E-state index contributed by atoms with van der Waals surface area (Å²) in [6.45, 7) is 7.71. The first-order valence-electron chi connectivity index (χ1n) is 7.48. The first kappa shape index (κ1) is 16.6. The van der Waals surface area contributed by atoms with Gasteiger partial charge in [0.25, 0.3) is 5.22 Å². The average Bonchev–Trinajstić information content (AvgIpc) is 2.98. The minimum atomic E-state index is -0.451. The molecular weight excluding hydrogens is 328 g/mol. The van der Waals surface area contributed by atoms with Gasteiger partial charge in [-0.05, 0) is 24.6 Å². The highest BCUT2D eigenvalue weighted by Gasteiger charge is 2.21. The van der Waals surface area contributed by atoms with E-state index in [4.69, 9.17) is 8.83 Å². The fourth-order valence-electron chi connectivity index (χ4n) is 2.25. The lowest BCUT2D eigenvalue weighted by Crippen LogP contribution is -2.11. The highest BCUT2D eigenvalue weighted by atomic mass is 32.2. The third-order valence-electron chi connectivity index (χ3n) is 3.62. The van der Waals surface area contributed by atoms with Gasteiger partial charge in [-0.2, -0.15) is 0 Å². The molecule has 0 amide bonds. The summed E-state index contributed by atoms with van der Waals surface area (Å²) >= 11 is 1.36. The van der Waals surface area contributed by atoms with Gasteiger partial charge in [-0.15, -0.1) is 10.2 Å².